The molecular formula is C23H20F2N8O. The van der Waals surface area contributed by atoms with Crippen molar-refractivity contribution in [2.24, 2.45) is 0 Å². The summed E-state index contributed by atoms with van der Waals surface area (Å²) in [7, 11) is 1.57. The van der Waals surface area contributed by atoms with Crippen LogP contribution in [0.1, 0.15) is 5.69 Å². The van der Waals surface area contributed by atoms with Crippen molar-refractivity contribution in [2.45, 2.75) is 13.5 Å². The van der Waals surface area contributed by atoms with E-state index >= 15 is 0 Å². The minimum atomic E-state index is -0.452. The summed E-state index contributed by atoms with van der Waals surface area (Å²) in [5.41, 5.74) is 3.27. The van der Waals surface area contributed by atoms with Gasteiger partial charge in [0, 0.05) is 35.8 Å². The highest BCUT2D eigenvalue weighted by Gasteiger charge is 2.14. The Balaban J connectivity index is 1.34. The third-order valence-electron chi connectivity index (χ3n) is 5.57. The molecule has 0 atom stereocenters. The van der Waals surface area contributed by atoms with Crippen LogP contribution in [0.15, 0.2) is 48.8 Å². The average Bonchev–Trinajstić information content (AvgIpc) is 3.50. The molecule has 0 amide bonds. The number of aryl methyl sites for hydroxylation is 1. The number of aromatic amines is 1. The number of methoxy groups -OCH3 is 1. The summed E-state index contributed by atoms with van der Waals surface area (Å²) in [6, 6.07) is 11.3. The van der Waals surface area contributed by atoms with E-state index in [1.807, 2.05) is 31.2 Å². The summed E-state index contributed by atoms with van der Waals surface area (Å²) in [6.45, 7) is 2.72. The van der Waals surface area contributed by atoms with Crippen molar-refractivity contribution in [1.29, 1.82) is 0 Å². The van der Waals surface area contributed by atoms with Gasteiger partial charge in [0.1, 0.15) is 29.5 Å². The first-order valence-electron chi connectivity index (χ1n) is 10.5. The second-order valence-electron chi connectivity index (χ2n) is 7.61. The normalized spacial score (nSPS) is 11.2. The second kappa shape index (κ2) is 8.85. The highest BCUT2D eigenvalue weighted by Crippen LogP contribution is 2.32. The Bertz CT molecular complexity index is 1470. The molecule has 3 heterocycles. The number of benzene rings is 2. The molecule has 5 aromatic rings. The molecule has 34 heavy (non-hydrogen) atoms. The largest absolute Gasteiger partial charge is 0.496 e. The predicted molar refractivity (Wildman–Crippen MR) is 122 cm³/mol. The summed E-state index contributed by atoms with van der Waals surface area (Å²) < 4.78 is 35.7. The van der Waals surface area contributed by atoms with Crippen LogP contribution in [0.4, 0.5) is 14.6 Å². The average molecular weight is 462 g/mol. The highest BCUT2D eigenvalue weighted by molar-refractivity contribution is 5.82. The van der Waals surface area contributed by atoms with Crippen LogP contribution >= 0.6 is 0 Å². The van der Waals surface area contributed by atoms with E-state index in [9.17, 15) is 8.78 Å². The SMILES string of the molecule is COc1cc(-c2cc(NCCn3c(C)cc4c(F)ccc(F)c43)ncn2)ccc1-c1nnn[nH]1. The molecule has 0 aliphatic heterocycles. The Morgan fingerprint density at radius 3 is 2.71 bits per heavy atom. The van der Waals surface area contributed by atoms with E-state index in [0.717, 1.165) is 29.0 Å². The maximum absolute atomic E-state index is 14.4. The first kappa shape index (κ1) is 21.4. The zero-order chi connectivity index (χ0) is 23.7. The third kappa shape index (κ3) is 3.91. The summed E-state index contributed by atoms with van der Waals surface area (Å²) in [4.78, 5) is 8.63. The molecule has 0 spiro atoms. The van der Waals surface area contributed by atoms with Gasteiger partial charge in [0.2, 0.25) is 0 Å². The van der Waals surface area contributed by atoms with Crippen LogP contribution in [0.3, 0.4) is 0 Å². The lowest BCUT2D eigenvalue weighted by Gasteiger charge is -2.12. The van der Waals surface area contributed by atoms with Gasteiger partial charge in [0.05, 0.1) is 23.9 Å². The standard InChI is InChI=1S/C23H20F2N8O/c1-13-9-16-17(24)5-6-18(25)22(16)33(13)8-7-26-21-11-19(27-12-28-21)14-3-4-15(20(10-14)34-2)23-29-31-32-30-23/h3-6,9-12H,7-8H2,1-2H3,(H,26,27,28)(H,29,30,31,32). The van der Waals surface area contributed by atoms with Crippen LogP contribution in [-0.4, -0.2) is 48.8 Å². The summed E-state index contributed by atoms with van der Waals surface area (Å²) in [5, 5.41) is 17.3. The fraction of sp³-hybridized carbons (Fsp3) is 0.174. The number of rotatable bonds is 7. The van der Waals surface area contributed by atoms with E-state index in [1.165, 1.54) is 6.33 Å². The molecular weight excluding hydrogens is 442 g/mol. The minimum absolute atomic E-state index is 0.261. The van der Waals surface area contributed by atoms with E-state index in [1.54, 1.807) is 17.7 Å². The van der Waals surface area contributed by atoms with Gasteiger partial charge < -0.3 is 14.6 Å². The Morgan fingerprint density at radius 1 is 1.06 bits per heavy atom. The number of ether oxygens (including phenoxy) is 1. The van der Waals surface area contributed by atoms with E-state index in [-0.39, 0.29) is 10.9 Å². The van der Waals surface area contributed by atoms with E-state index < -0.39 is 11.6 Å². The number of H-pyrrole nitrogens is 1. The molecule has 3 aromatic heterocycles. The molecule has 0 aliphatic rings. The molecule has 2 aromatic carbocycles. The Kier molecular flexibility index (Phi) is 5.58. The number of tetrazole rings is 1. The maximum Gasteiger partial charge on any atom is 0.183 e. The van der Waals surface area contributed by atoms with Crippen molar-refractivity contribution in [1.82, 2.24) is 35.2 Å². The zero-order valence-electron chi connectivity index (χ0n) is 18.4. The van der Waals surface area contributed by atoms with Gasteiger partial charge in [-0.3, -0.25) is 0 Å². The van der Waals surface area contributed by atoms with Crippen LogP contribution in [0, 0.1) is 18.6 Å². The maximum atomic E-state index is 14.4. The van der Waals surface area contributed by atoms with Gasteiger partial charge in [-0.2, -0.15) is 0 Å². The molecule has 0 bridgehead atoms. The lowest BCUT2D eigenvalue weighted by Crippen LogP contribution is -2.13. The Hall–Kier alpha value is -4.41. The lowest BCUT2D eigenvalue weighted by atomic mass is 10.1. The number of halogens is 2. The molecule has 5 rings (SSSR count). The summed E-state index contributed by atoms with van der Waals surface area (Å²) in [6.07, 6.45) is 1.46. The molecule has 0 aliphatic carbocycles. The first-order chi connectivity index (χ1) is 16.5. The molecule has 2 N–H and O–H groups in total. The number of anilines is 1. The van der Waals surface area contributed by atoms with E-state index in [4.69, 9.17) is 4.74 Å². The molecule has 0 saturated heterocycles. The third-order valence-corrected chi connectivity index (χ3v) is 5.57. The van der Waals surface area contributed by atoms with Crippen molar-refractivity contribution in [3.05, 3.63) is 66.1 Å². The highest BCUT2D eigenvalue weighted by atomic mass is 19.1. The number of hydrogen-bond acceptors (Lipinski definition) is 7. The zero-order valence-corrected chi connectivity index (χ0v) is 18.4. The van der Waals surface area contributed by atoms with Crippen molar-refractivity contribution in [3.8, 4) is 28.4 Å². The lowest BCUT2D eigenvalue weighted by molar-refractivity contribution is 0.416. The summed E-state index contributed by atoms with van der Waals surface area (Å²) in [5.74, 6) is 0.805. The topological polar surface area (TPSA) is 106 Å². The van der Waals surface area contributed by atoms with Crippen LogP contribution in [0.5, 0.6) is 5.75 Å². The second-order valence-corrected chi connectivity index (χ2v) is 7.61. The van der Waals surface area contributed by atoms with Gasteiger partial charge in [-0.05, 0) is 47.7 Å². The smallest absolute Gasteiger partial charge is 0.183 e. The number of hydrogen-bond donors (Lipinski definition) is 2. The molecule has 0 saturated carbocycles. The van der Waals surface area contributed by atoms with Gasteiger partial charge in [-0.1, -0.05) is 6.07 Å². The molecule has 172 valence electrons. The fourth-order valence-corrected chi connectivity index (χ4v) is 3.95. The quantitative estimate of drug-likeness (QED) is 0.377. The van der Waals surface area contributed by atoms with E-state index in [0.29, 0.717) is 36.2 Å². The van der Waals surface area contributed by atoms with Crippen molar-refractivity contribution in [2.75, 3.05) is 19.0 Å². The Labute approximate surface area is 192 Å². The van der Waals surface area contributed by atoms with Crippen molar-refractivity contribution < 1.29 is 13.5 Å². The first-order valence-corrected chi connectivity index (χ1v) is 10.5. The number of fused-ring (bicyclic) bond motifs is 1. The molecule has 0 unspecified atom stereocenters. The van der Waals surface area contributed by atoms with Crippen LogP contribution in [0.25, 0.3) is 33.5 Å². The van der Waals surface area contributed by atoms with Crippen LogP contribution < -0.4 is 10.1 Å². The van der Waals surface area contributed by atoms with Crippen LogP contribution in [0.2, 0.25) is 0 Å². The summed E-state index contributed by atoms with van der Waals surface area (Å²) >= 11 is 0. The number of aromatic nitrogens is 7. The van der Waals surface area contributed by atoms with Crippen LogP contribution in [-0.2, 0) is 6.54 Å². The van der Waals surface area contributed by atoms with E-state index in [2.05, 4.69) is 35.9 Å². The van der Waals surface area contributed by atoms with Gasteiger partial charge in [0.15, 0.2) is 5.82 Å². The molecule has 9 nitrogen and oxygen atoms in total. The van der Waals surface area contributed by atoms with Gasteiger partial charge >= 0.3 is 0 Å². The number of nitrogens with one attached hydrogen (secondary N) is 2. The van der Waals surface area contributed by atoms with Gasteiger partial charge in [0.25, 0.3) is 0 Å². The fourth-order valence-electron chi connectivity index (χ4n) is 3.95. The Morgan fingerprint density at radius 2 is 1.91 bits per heavy atom. The minimum Gasteiger partial charge on any atom is -0.496 e. The van der Waals surface area contributed by atoms with Gasteiger partial charge in [-0.25, -0.2) is 23.8 Å². The molecule has 0 radical (unpaired) electrons. The monoisotopic (exact) mass is 462 g/mol. The molecule has 0 fully saturated rings. The number of nitrogens with zero attached hydrogens (tertiary/aromatic N) is 6. The van der Waals surface area contributed by atoms with Crippen molar-refractivity contribution >= 4 is 16.7 Å². The van der Waals surface area contributed by atoms with Crippen molar-refractivity contribution in [3.63, 3.8) is 0 Å². The van der Waals surface area contributed by atoms with Gasteiger partial charge in [-0.15, -0.1) is 5.10 Å². The molecule has 11 heteroatoms. The predicted octanol–water partition coefficient (Wildman–Crippen LogP) is 3.99.